The van der Waals surface area contributed by atoms with Crippen LogP contribution < -0.4 is 0 Å². The van der Waals surface area contributed by atoms with Gasteiger partial charge >= 0.3 is 0 Å². The van der Waals surface area contributed by atoms with Gasteiger partial charge in [-0.05, 0) is 24.3 Å². The van der Waals surface area contributed by atoms with E-state index in [0.717, 1.165) is 5.33 Å². The van der Waals surface area contributed by atoms with E-state index in [0.29, 0.717) is 5.04 Å². The molecule has 0 spiro atoms. The van der Waals surface area contributed by atoms with Crippen LogP contribution in [0.1, 0.15) is 19.3 Å². The largest absolute Gasteiger partial charge is 0.0996 e. The molecular weight excluding hydrogens is 228 g/mol. The number of allylic oxidation sites excluding steroid dienone is 1. The lowest BCUT2D eigenvalue weighted by atomic mass is 10.2. The standard InChI is InChI=1S/C10H19BrSi/c1-9-8-10(9,6-5-7-11)12(2,3)4/h1,5-8H2,2-4H3/t10-/m0/s1. The van der Waals surface area contributed by atoms with E-state index in [-0.39, 0.29) is 0 Å². The average Bonchev–Trinajstić information content (AvgIpc) is 2.57. The van der Waals surface area contributed by atoms with Crippen molar-refractivity contribution in [3.8, 4) is 0 Å². The molecular formula is C10H19BrSi. The van der Waals surface area contributed by atoms with Crippen molar-refractivity contribution in [2.75, 3.05) is 5.33 Å². The molecule has 1 fully saturated rings. The minimum Gasteiger partial charge on any atom is -0.0996 e. The van der Waals surface area contributed by atoms with Gasteiger partial charge in [0.1, 0.15) is 0 Å². The summed E-state index contributed by atoms with van der Waals surface area (Å²) in [6, 6.07) is 0. The second-order valence-electron chi connectivity index (χ2n) is 4.90. The Hall–Kier alpha value is 0.437. The molecule has 0 unspecified atom stereocenters. The first kappa shape index (κ1) is 10.5. The van der Waals surface area contributed by atoms with Crippen LogP contribution in [0.5, 0.6) is 0 Å². The van der Waals surface area contributed by atoms with Crippen LogP contribution in [0.3, 0.4) is 0 Å². The lowest BCUT2D eigenvalue weighted by molar-refractivity contribution is 0.728. The van der Waals surface area contributed by atoms with Gasteiger partial charge in [-0.3, -0.25) is 0 Å². The second kappa shape index (κ2) is 3.30. The number of hydrogen-bond donors (Lipinski definition) is 0. The fourth-order valence-electron chi connectivity index (χ4n) is 2.12. The lowest BCUT2D eigenvalue weighted by Crippen LogP contribution is -2.29. The van der Waals surface area contributed by atoms with Gasteiger partial charge in [0, 0.05) is 5.33 Å². The van der Waals surface area contributed by atoms with Crippen LogP contribution in [0.15, 0.2) is 12.2 Å². The van der Waals surface area contributed by atoms with Gasteiger partial charge in [0.25, 0.3) is 0 Å². The number of hydrogen-bond acceptors (Lipinski definition) is 0. The van der Waals surface area contributed by atoms with E-state index in [4.69, 9.17) is 0 Å². The van der Waals surface area contributed by atoms with Crippen molar-refractivity contribution in [3.05, 3.63) is 12.2 Å². The number of alkyl halides is 1. The minimum absolute atomic E-state index is 0.612. The predicted molar refractivity (Wildman–Crippen MR) is 62.8 cm³/mol. The molecule has 1 atom stereocenters. The monoisotopic (exact) mass is 246 g/mol. The average molecular weight is 247 g/mol. The van der Waals surface area contributed by atoms with Crippen molar-refractivity contribution in [3.63, 3.8) is 0 Å². The van der Waals surface area contributed by atoms with E-state index in [9.17, 15) is 0 Å². The summed E-state index contributed by atoms with van der Waals surface area (Å²) in [4.78, 5) is 0. The van der Waals surface area contributed by atoms with Gasteiger partial charge in [-0.25, -0.2) is 0 Å². The highest BCUT2D eigenvalue weighted by atomic mass is 79.9. The third-order valence-electron chi connectivity index (χ3n) is 3.24. The predicted octanol–water partition coefficient (Wildman–Crippen LogP) is 4.20. The third kappa shape index (κ3) is 1.69. The molecule has 0 radical (unpaired) electrons. The molecule has 1 rings (SSSR count). The van der Waals surface area contributed by atoms with Crippen molar-refractivity contribution in [1.82, 2.24) is 0 Å². The number of rotatable bonds is 4. The Labute approximate surface area is 85.6 Å². The Bertz CT molecular complexity index is 193. The summed E-state index contributed by atoms with van der Waals surface area (Å²) in [6.07, 6.45) is 3.99. The molecule has 0 saturated heterocycles. The molecule has 1 aliphatic rings. The summed E-state index contributed by atoms with van der Waals surface area (Å²) in [5.41, 5.74) is 1.53. The van der Waals surface area contributed by atoms with E-state index in [2.05, 4.69) is 42.1 Å². The van der Waals surface area contributed by atoms with Crippen molar-refractivity contribution < 1.29 is 0 Å². The second-order valence-corrected chi connectivity index (χ2v) is 11.2. The maximum Gasteiger partial charge on any atom is 0.0556 e. The molecule has 2 heteroatoms. The fraction of sp³-hybridized carbons (Fsp3) is 0.800. The maximum atomic E-state index is 4.16. The smallest absolute Gasteiger partial charge is 0.0556 e. The zero-order chi connectivity index (χ0) is 9.41. The van der Waals surface area contributed by atoms with Crippen LogP contribution in [0.25, 0.3) is 0 Å². The van der Waals surface area contributed by atoms with E-state index in [1.807, 2.05) is 0 Å². The summed E-state index contributed by atoms with van der Waals surface area (Å²) in [5.74, 6) is 0. The Morgan fingerprint density at radius 2 is 2.00 bits per heavy atom. The lowest BCUT2D eigenvalue weighted by Gasteiger charge is -2.28. The molecule has 12 heavy (non-hydrogen) atoms. The molecule has 0 amide bonds. The first-order chi connectivity index (χ1) is 5.44. The highest BCUT2D eigenvalue weighted by molar-refractivity contribution is 9.09. The van der Waals surface area contributed by atoms with Gasteiger partial charge in [-0.1, -0.05) is 47.7 Å². The Morgan fingerprint density at radius 1 is 1.50 bits per heavy atom. The van der Waals surface area contributed by atoms with Crippen molar-refractivity contribution in [1.29, 1.82) is 0 Å². The molecule has 0 nitrogen and oxygen atoms in total. The van der Waals surface area contributed by atoms with Crippen LogP contribution in [0, 0.1) is 0 Å². The molecule has 0 aliphatic heterocycles. The highest BCUT2D eigenvalue weighted by Gasteiger charge is 2.55. The van der Waals surface area contributed by atoms with Crippen LogP contribution in [-0.4, -0.2) is 13.4 Å². The molecule has 70 valence electrons. The van der Waals surface area contributed by atoms with Gasteiger partial charge < -0.3 is 0 Å². The van der Waals surface area contributed by atoms with Crippen molar-refractivity contribution in [2.45, 2.75) is 43.9 Å². The summed E-state index contributed by atoms with van der Waals surface area (Å²) >= 11 is 3.50. The van der Waals surface area contributed by atoms with Crippen LogP contribution in [-0.2, 0) is 0 Å². The van der Waals surface area contributed by atoms with Crippen LogP contribution >= 0.6 is 15.9 Å². The summed E-state index contributed by atoms with van der Waals surface area (Å²) in [5, 5.41) is 1.76. The van der Waals surface area contributed by atoms with Gasteiger partial charge in [-0.15, -0.1) is 0 Å². The molecule has 0 bridgehead atoms. The maximum absolute atomic E-state index is 4.16. The third-order valence-corrected chi connectivity index (χ3v) is 7.45. The Morgan fingerprint density at radius 3 is 2.25 bits per heavy atom. The molecule has 0 aromatic heterocycles. The van der Waals surface area contributed by atoms with Gasteiger partial charge in [-0.2, -0.15) is 0 Å². The fourth-order valence-corrected chi connectivity index (χ4v) is 5.14. The highest BCUT2D eigenvalue weighted by Crippen LogP contribution is 2.67. The minimum atomic E-state index is -0.994. The zero-order valence-electron chi connectivity index (χ0n) is 8.41. The Balaban J connectivity index is 2.60. The summed E-state index contributed by atoms with van der Waals surface area (Å²) < 4.78 is 0. The molecule has 0 heterocycles. The first-order valence-electron chi connectivity index (χ1n) is 4.68. The van der Waals surface area contributed by atoms with E-state index in [1.54, 1.807) is 0 Å². The topological polar surface area (TPSA) is 0 Å². The van der Waals surface area contributed by atoms with Gasteiger partial charge in [0.2, 0.25) is 0 Å². The van der Waals surface area contributed by atoms with Gasteiger partial charge in [0.05, 0.1) is 8.07 Å². The van der Waals surface area contributed by atoms with Crippen LogP contribution in [0.4, 0.5) is 0 Å². The summed E-state index contributed by atoms with van der Waals surface area (Å²) in [7, 11) is -0.994. The normalized spacial score (nSPS) is 29.2. The van der Waals surface area contributed by atoms with E-state index in [1.165, 1.54) is 24.8 Å². The summed E-state index contributed by atoms with van der Waals surface area (Å²) in [6.45, 7) is 11.6. The molecule has 0 aromatic rings. The Kier molecular flexibility index (Phi) is 2.89. The van der Waals surface area contributed by atoms with E-state index < -0.39 is 8.07 Å². The zero-order valence-corrected chi connectivity index (χ0v) is 11.0. The number of halogens is 1. The van der Waals surface area contributed by atoms with Crippen molar-refractivity contribution in [2.24, 2.45) is 0 Å². The van der Waals surface area contributed by atoms with Crippen molar-refractivity contribution >= 4 is 24.0 Å². The van der Waals surface area contributed by atoms with Gasteiger partial charge in [0.15, 0.2) is 0 Å². The molecule has 0 aromatic carbocycles. The van der Waals surface area contributed by atoms with E-state index >= 15 is 0 Å². The quantitative estimate of drug-likeness (QED) is 0.397. The molecule has 1 saturated carbocycles. The molecule has 0 N–H and O–H groups in total. The molecule has 1 aliphatic carbocycles. The first-order valence-corrected chi connectivity index (χ1v) is 9.30. The SMILES string of the molecule is C=C1C[C@]1(CCCBr)[Si](C)(C)C. The van der Waals surface area contributed by atoms with Crippen LogP contribution in [0.2, 0.25) is 24.7 Å².